The van der Waals surface area contributed by atoms with E-state index < -0.39 is 0 Å². The first kappa shape index (κ1) is 16.5. The molecule has 19 heavy (non-hydrogen) atoms. The predicted octanol–water partition coefficient (Wildman–Crippen LogP) is 2.47. The number of nitrogens with one attached hydrogen (secondary N) is 2. The molecule has 1 aromatic rings. The smallest absolute Gasteiger partial charge is 0.191 e. The van der Waals surface area contributed by atoms with Gasteiger partial charge in [0.15, 0.2) is 5.96 Å². The highest BCUT2D eigenvalue weighted by atomic mass is 127. The quantitative estimate of drug-likeness (QED) is 0.357. The number of hydrogen-bond donors (Lipinski definition) is 2. The van der Waals surface area contributed by atoms with Crippen LogP contribution in [0.5, 0.6) is 0 Å². The SMILES string of the molecule is CN=C(NCCc1ccc(Cl)nc1)NC1CC1C.I. The van der Waals surface area contributed by atoms with Gasteiger partial charge >= 0.3 is 0 Å². The molecule has 0 radical (unpaired) electrons. The van der Waals surface area contributed by atoms with Crippen LogP contribution in [-0.4, -0.2) is 30.6 Å². The maximum atomic E-state index is 5.74. The second-order valence-corrected chi connectivity index (χ2v) is 5.09. The van der Waals surface area contributed by atoms with Crippen molar-refractivity contribution in [1.29, 1.82) is 0 Å². The molecule has 1 saturated carbocycles. The van der Waals surface area contributed by atoms with Crippen molar-refractivity contribution >= 4 is 41.5 Å². The van der Waals surface area contributed by atoms with Crippen molar-refractivity contribution in [2.75, 3.05) is 13.6 Å². The number of halogens is 2. The Labute approximate surface area is 136 Å². The van der Waals surface area contributed by atoms with Gasteiger partial charge in [0.1, 0.15) is 5.15 Å². The van der Waals surface area contributed by atoms with E-state index in [1.807, 2.05) is 18.3 Å². The number of aromatic nitrogens is 1. The lowest BCUT2D eigenvalue weighted by atomic mass is 10.2. The van der Waals surface area contributed by atoms with Crippen LogP contribution in [0.2, 0.25) is 5.15 Å². The largest absolute Gasteiger partial charge is 0.356 e. The highest BCUT2D eigenvalue weighted by Gasteiger charge is 2.33. The fourth-order valence-electron chi connectivity index (χ4n) is 1.77. The van der Waals surface area contributed by atoms with Gasteiger partial charge in [0.2, 0.25) is 0 Å². The van der Waals surface area contributed by atoms with E-state index >= 15 is 0 Å². The standard InChI is InChI=1S/C13H19ClN4.HI/c1-9-7-11(9)18-13(15-2)16-6-5-10-3-4-12(14)17-8-10;/h3-4,8-9,11H,5-7H2,1-2H3,(H2,15,16,18);1H. The van der Waals surface area contributed by atoms with E-state index in [-0.39, 0.29) is 24.0 Å². The van der Waals surface area contributed by atoms with Gasteiger partial charge < -0.3 is 10.6 Å². The predicted molar refractivity (Wildman–Crippen MR) is 90.4 cm³/mol. The summed E-state index contributed by atoms with van der Waals surface area (Å²) >= 11 is 5.74. The third-order valence-electron chi connectivity index (χ3n) is 3.15. The topological polar surface area (TPSA) is 49.3 Å². The summed E-state index contributed by atoms with van der Waals surface area (Å²) in [6, 6.07) is 4.40. The van der Waals surface area contributed by atoms with Gasteiger partial charge in [0.05, 0.1) is 0 Å². The molecule has 1 aromatic heterocycles. The molecule has 0 spiro atoms. The van der Waals surface area contributed by atoms with Gasteiger partial charge in [-0.1, -0.05) is 24.6 Å². The third-order valence-corrected chi connectivity index (χ3v) is 3.37. The molecular formula is C13H20ClIN4. The van der Waals surface area contributed by atoms with Crippen LogP contribution in [0.4, 0.5) is 0 Å². The van der Waals surface area contributed by atoms with Gasteiger partial charge in [-0.3, -0.25) is 4.99 Å². The number of guanidine groups is 1. The Morgan fingerprint density at radius 2 is 2.26 bits per heavy atom. The Balaban J connectivity index is 0.00000180. The van der Waals surface area contributed by atoms with Crippen molar-refractivity contribution < 1.29 is 0 Å². The van der Waals surface area contributed by atoms with Crippen LogP contribution in [0.25, 0.3) is 0 Å². The van der Waals surface area contributed by atoms with Crippen LogP contribution in [0.15, 0.2) is 23.3 Å². The zero-order chi connectivity index (χ0) is 13.0. The first-order valence-electron chi connectivity index (χ1n) is 6.26. The van der Waals surface area contributed by atoms with Gasteiger partial charge in [-0.05, 0) is 30.4 Å². The van der Waals surface area contributed by atoms with Crippen molar-refractivity contribution in [3.63, 3.8) is 0 Å². The molecule has 0 saturated heterocycles. The Morgan fingerprint density at radius 1 is 1.53 bits per heavy atom. The summed E-state index contributed by atoms with van der Waals surface area (Å²) in [5.41, 5.74) is 1.17. The van der Waals surface area contributed by atoms with E-state index in [0.717, 1.165) is 24.8 Å². The van der Waals surface area contributed by atoms with E-state index in [2.05, 4.69) is 27.5 Å². The summed E-state index contributed by atoms with van der Waals surface area (Å²) < 4.78 is 0. The molecule has 4 nitrogen and oxygen atoms in total. The fourth-order valence-corrected chi connectivity index (χ4v) is 1.88. The van der Waals surface area contributed by atoms with E-state index in [1.54, 1.807) is 7.05 Å². The molecule has 0 aliphatic heterocycles. The van der Waals surface area contributed by atoms with Gasteiger partial charge in [0, 0.05) is 25.8 Å². The zero-order valence-corrected chi connectivity index (χ0v) is 14.3. The molecule has 1 aliphatic rings. The van der Waals surface area contributed by atoms with Crippen molar-refractivity contribution in [1.82, 2.24) is 15.6 Å². The summed E-state index contributed by atoms with van der Waals surface area (Å²) in [4.78, 5) is 8.26. The van der Waals surface area contributed by atoms with E-state index in [9.17, 15) is 0 Å². The third kappa shape index (κ3) is 5.52. The number of rotatable bonds is 4. The van der Waals surface area contributed by atoms with Gasteiger partial charge in [0.25, 0.3) is 0 Å². The fraction of sp³-hybridized carbons (Fsp3) is 0.538. The minimum absolute atomic E-state index is 0. The van der Waals surface area contributed by atoms with Crippen molar-refractivity contribution in [3.8, 4) is 0 Å². The Hall–Kier alpha value is -0.560. The molecule has 0 bridgehead atoms. The molecule has 0 amide bonds. The molecule has 6 heteroatoms. The van der Waals surface area contributed by atoms with Crippen LogP contribution >= 0.6 is 35.6 Å². The average Bonchev–Trinajstić information content (AvgIpc) is 3.06. The lowest BCUT2D eigenvalue weighted by Crippen LogP contribution is -2.39. The van der Waals surface area contributed by atoms with Crippen LogP contribution in [0.1, 0.15) is 18.9 Å². The molecule has 2 rings (SSSR count). The maximum Gasteiger partial charge on any atom is 0.191 e. The number of hydrogen-bond acceptors (Lipinski definition) is 2. The molecule has 0 aromatic carbocycles. The van der Waals surface area contributed by atoms with Crippen molar-refractivity contribution in [2.45, 2.75) is 25.8 Å². The van der Waals surface area contributed by atoms with Gasteiger partial charge in [-0.2, -0.15) is 0 Å². The van der Waals surface area contributed by atoms with E-state index in [1.165, 1.54) is 12.0 Å². The molecule has 106 valence electrons. The highest BCUT2D eigenvalue weighted by Crippen LogP contribution is 2.28. The monoisotopic (exact) mass is 394 g/mol. The number of pyridine rings is 1. The Morgan fingerprint density at radius 3 is 2.79 bits per heavy atom. The van der Waals surface area contributed by atoms with E-state index in [0.29, 0.717) is 11.2 Å². The Kier molecular flexibility index (Phi) is 6.85. The second-order valence-electron chi connectivity index (χ2n) is 4.70. The lowest BCUT2D eigenvalue weighted by molar-refractivity contribution is 0.757. The molecule has 1 fully saturated rings. The minimum Gasteiger partial charge on any atom is -0.356 e. The average molecular weight is 395 g/mol. The van der Waals surface area contributed by atoms with Gasteiger partial charge in [-0.25, -0.2) is 4.98 Å². The second kappa shape index (κ2) is 7.89. The van der Waals surface area contributed by atoms with Gasteiger partial charge in [-0.15, -0.1) is 24.0 Å². The summed E-state index contributed by atoms with van der Waals surface area (Å²) in [7, 11) is 1.80. The highest BCUT2D eigenvalue weighted by molar-refractivity contribution is 14.0. The van der Waals surface area contributed by atoms with Crippen molar-refractivity contribution in [3.05, 3.63) is 29.0 Å². The maximum absolute atomic E-state index is 5.74. The number of nitrogens with zero attached hydrogens (tertiary/aromatic N) is 2. The van der Waals surface area contributed by atoms with Crippen LogP contribution in [0.3, 0.4) is 0 Å². The lowest BCUT2D eigenvalue weighted by Gasteiger charge is -2.11. The number of aliphatic imine (C=N–C) groups is 1. The normalized spacial score (nSPS) is 21.5. The zero-order valence-electron chi connectivity index (χ0n) is 11.2. The molecule has 2 unspecified atom stereocenters. The summed E-state index contributed by atoms with van der Waals surface area (Å²) in [6.45, 7) is 3.08. The first-order valence-corrected chi connectivity index (χ1v) is 6.64. The molecule has 1 aliphatic carbocycles. The van der Waals surface area contributed by atoms with Crippen molar-refractivity contribution in [2.24, 2.45) is 10.9 Å². The molecule has 2 N–H and O–H groups in total. The Bertz CT molecular complexity index is 421. The summed E-state index contributed by atoms with van der Waals surface area (Å²) in [5.74, 6) is 1.65. The van der Waals surface area contributed by atoms with Crippen LogP contribution in [0, 0.1) is 5.92 Å². The molecular weight excluding hydrogens is 375 g/mol. The van der Waals surface area contributed by atoms with Crippen LogP contribution in [-0.2, 0) is 6.42 Å². The first-order chi connectivity index (χ1) is 8.69. The van der Waals surface area contributed by atoms with Crippen LogP contribution < -0.4 is 10.6 Å². The molecule has 2 atom stereocenters. The summed E-state index contributed by atoms with van der Waals surface area (Å²) in [5, 5.41) is 7.22. The summed E-state index contributed by atoms with van der Waals surface area (Å²) in [6.07, 6.45) is 3.95. The molecule has 1 heterocycles. The van der Waals surface area contributed by atoms with E-state index in [4.69, 9.17) is 11.6 Å². The minimum atomic E-state index is 0.